The number of aromatic nitrogens is 6. The molecule has 1 saturated heterocycles. The summed E-state index contributed by atoms with van der Waals surface area (Å²) in [4.78, 5) is 17.0. The molecule has 3 heterocycles. The lowest BCUT2D eigenvalue weighted by Gasteiger charge is -2.27. The third-order valence-electron chi connectivity index (χ3n) is 4.98. The van der Waals surface area contributed by atoms with Crippen molar-refractivity contribution in [2.75, 3.05) is 57.6 Å². The number of halogens is 1. The highest BCUT2D eigenvalue weighted by Crippen LogP contribution is 2.26. The van der Waals surface area contributed by atoms with Crippen molar-refractivity contribution in [3.63, 3.8) is 0 Å². The number of thioether (sulfide) groups is 1. The van der Waals surface area contributed by atoms with Gasteiger partial charge in [-0.3, -0.25) is 4.90 Å². The first kappa shape index (κ1) is 22.4. The third-order valence-corrected chi connectivity index (χ3v) is 5.94. The number of morpholine rings is 1. The molecule has 0 saturated carbocycles. The van der Waals surface area contributed by atoms with Crippen molar-refractivity contribution >= 4 is 23.7 Å². The van der Waals surface area contributed by atoms with Crippen LogP contribution >= 0.6 is 11.8 Å². The number of benzene rings is 1. The number of nitrogens with zero attached hydrogens (tertiary/aromatic N) is 8. The molecule has 0 bridgehead atoms. The minimum absolute atomic E-state index is 0.181. The third kappa shape index (κ3) is 5.50. The first-order valence-corrected chi connectivity index (χ1v) is 11.3. The zero-order chi connectivity index (χ0) is 22.5. The summed E-state index contributed by atoms with van der Waals surface area (Å²) in [7, 11) is 3.70. The molecule has 4 rings (SSSR count). The fraction of sp³-hybridized carbons (Fsp3) is 0.450. The average molecular weight is 460 g/mol. The van der Waals surface area contributed by atoms with E-state index >= 15 is 0 Å². The fourth-order valence-corrected chi connectivity index (χ4v) is 4.11. The van der Waals surface area contributed by atoms with Gasteiger partial charge in [-0.25, -0.2) is 4.39 Å². The minimum atomic E-state index is -0.285. The molecular weight excluding hydrogens is 433 g/mol. The molecule has 1 aliphatic heterocycles. The van der Waals surface area contributed by atoms with Crippen LogP contribution in [0.3, 0.4) is 0 Å². The number of nitrogen functional groups attached to an aromatic ring is 1. The van der Waals surface area contributed by atoms with Crippen molar-refractivity contribution in [1.82, 2.24) is 34.6 Å². The quantitative estimate of drug-likeness (QED) is 0.498. The molecule has 0 amide bonds. The maximum atomic E-state index is 13.4. The molecular formula is C20H26FN9OS. The lowest BCUT2D eigenvalue weighted by atomic mass is 10.2. The molecule has 12 heteroatoms. The summed E-state index contributed by atoms with van der Waals surface area (Å²) < 4.78 is 20.9. The zero-order valence-electron chi connectivity index (χ0n) is 18.1. The lowest BCUT2D eigenvalue weighted by molar-refractivity contribution is 0.0361. The number of nitrogens with two attached hydrogens (primary N) is 1. The summed E-state index contributed by atoms with van der Waals surface area (Å²) in [6, 6.07) is 6.29. The number of rotatable bonds is 8. The first-order chi connectivity index (χ1) is 15.5. The van der Waals surface area contributed by atoms with Gasteiger partial charge in [0.15, 0.2) is 11.0 Å². The lowest BCUT2D eigenvalue weighted by Crippen LogP contribution is -2.38. The maximum Gasteiger partial charge on any atom is 0.229 e. The van der Waals surface area contributed by atoms with Gasteiger partial charge in [-0.15, -0.1) is 10.2 Å². The number of hydrogen-bond donors (Lipinski definition) is 1. The van der Waals surface area contributed by atoms with E-state index < -0.39 is 0 Å². The number of anilines is 2. The SMILES string of the molecule is CN(C)c1nc(N)nc(CSc2nnc(-c3ccc(F)cc3)n2CCN2CCOCC2)n1. The molecule has 0 atom stereocenters. The van der Waals surface area contributed by atoms with Crippen LogP contribution in [-0.4, -0.2) is 81.6 Å². The average Bonchev–Trinajstić information content (AvgIpc) is 3.20. The Morgan fingerprint density at radius 1 is 1.06 bits per heavy atom. The highest BCUT2D eigenvalue weighted by molar-refractivity contribution is 7.98. The van der Waals surface area contributed by atoms with E-state index in [1.54, 1.807) is 17.0 Å². The van der Waals surface area contributed by atoms with Crippen LogP contribution in [0.4, 0.5) is 16.3 Å². The topological polar surface area (TPSA) is 111 Å². The zero-order valence-corrected chi connectivity index (χ0v) is 18.9. The van der Waals surface area contributed by atoms with Gasteiger partial charge in [-0.2, -0.15) is 15.0 Å². The van der Waals surface area contributed by atoms with Crippen LogP contribution in [0.5, 0.6) is 0 Å². The Labute approximate surface area is 190 Å². The van der Waals surface area contributed by atoms with Crippen LogP contribution in [0.2, 0.25) is 0 Å². The number of hydrogen-bond acceptors (Lipinski definition) is 10. The van der Waals surface area contributed by atoms with Crippen molar-refractivity contribution < 1.29 is 9.13 Å². The Bertz CT molecular complexity index is 1040. The molecule has 0 radical (unpaired) electrons. The van der Waals surface area contributed by atoms with Crippen LogP contribution in [0, 0.1) is 5.82 Å². The van der Waals surface area contributed by atoms with E-state index in [1.807, 2.05) is 14.1 Å². The summed E-state index contributed by atoms with van der Waals surface area (Å²) in [5.41, 5.74) is 6.65. The van der Waals surface area contributed by atoms with Crippen molar-refractivity contribution in [1.29, 1.82) is 0 Å². The molecule has 1 aliphatic rings. The second-order valence-corrected chi connectivity index (χ2v) is 8.45. The van der Waals surface area contributed by atoms with Crippen molar-refractivity contribution in [3.05, 3.63) is 35.9 Å². The standard InChI is InChI=1S/C20H26FN9OS/c1-28(2)19-24-16(23-18(22)25-19)13-32-20-27-26-17(14-3-5-15(21)6-4-14)30(20)8-7-29-9-11-31-12-10-29/h3-6H,7-13H2,1-2H3,(H2,22,23,24,25). The second kappa shape index (κ2) is 10.2. The Morgan fingerprint density at radius 3 is 2.53 bits per heavy atom. The smallest absolute Gasteiger partial charge is 0.229 e. The van der Waals surface area contributed by atoms with E-state index in [1.165, 1.54) is 23.9 Å². The number of ether oxygens (including phenoxy) is 1. The molecule has 1 fully saturated rings. The van der Waals surface area contributed by atoms with Gasteiger partial charge in [0.25, 0.3) is 0 Å². The summed E-state index contributed by atoms with van der Waals surface area (Å²) in [5.74, 6) is 2.13. The monoisotopic (exact) mass is 459 g/mol. The van der Waals surface area contributed by atoms with E-state index in [0.29, 0.717) is 29.9 Å². The Morgan fingerprint density at radius 2 is 1.81 bits per heavy atom. The summed E-state index contributed by atoms with van der Waals surface area (Å²) in [5, 5.41) is 9.53. The van der Waals surface area contributed by atoms with E-state index in [2.05, 4.69) is 34.6 Å². The highest BCUT2D eigenvalue weighted by atomic mass is 32.2. The van der Waals surface area contributed by atoms with Gasteiger partial charge in [-0.05, 0) is 24.3 Å². The van der Waals surface area contributed by atoms with Gasteiger partial charge in [0.1, 0.15) is 11.6 Å². The van der Waals surface area contributed by atoms with Gasteiger partial charge in [0.05, 0.1) is 19.0 Å². The Kier molecular flexibility index (Phi) is 7.12. The van der Waals surface area contributed by atoms with Crippen LogP contribution in [0.25, 0.3) is 11.4 Å². The molecule has 0 aliphatic carbocycles. The molecule has 32 heavy (non-hydrogen) atoms. The second-order valence-electron chi connectivity index (χ2n) is 7.51. The molecule has 10 nitrogen and oxygen atoms in total. The predicted octanol–water partition coefficient (Wildman–Crippen LogP) is 1.54. The molecule has 0 spiro atoms. The van der Waals surface area contributed by atoms with Crippen LogP contribution in [0.15, 0.2) is 29.4 Å². The van der Waals surface area contributed by atoms with Crippen LogP contribution < -0.4 is 10.6 Å². The molecule has 0 unspecified atom stereocenters. The minimum Gasteiger partial charge on any atom is -0.379 e. The molecule has 2 aromatic heterocycles. The Hall–Kier alpha value is -2.83. The van der Waals surface area contributed by atoms with Gasteiger partial charge in [-0.1, -0.05) is 11.8 Å². The molecule has 1 aromatic carbocycles. The van der Waals surface area contributed by atoms with Crippen molar-refractivity contribution in [2.45, 2.75) is 17.5 Å². The predicted molar refractivity (Wildman–Crippen MR) is 121 cm³/mol. The summed E-state index contributed by atoms with van der Waals surface area (Å²) in [6.45, 7) is 4.81. The molecule has 170 valence electrons. The van der Waals surface area contributed by atoms with Gasteiger partial charge < -0.3 is 19.9 Å². The Balaban J connectivity index is 1.56. The molecule has 2 N–H and O–H groups in total. The van der Waals surface area contributed by atoms with Crippen molar-refractivity contribution in [3.8, 4) is 11.4 Å². The van der Waals surface area contributed by atoms with Gasteiger partial charge in [0.2, 0.25) is 11.9 Å². The van der Waals surface area contributed by atoms with Gasteiger partial charge in [0, 0.05) is 45.8 Å². The van der Waals surface area contributed by atoms with Crippen LogP contribution in [0.1, 0.15) is 5.82 Å². The fourth-order valence-electron chi connectivity index (χ4n) is 3.29. The first-order valence-electron chi connectivity index (χ1n) is 10.3. The van der Waals surface area contributed by atoms with E-state index in [0.717, 1.165) is 43.6 Å². The van der Waals surface area contributed by atoms with Crippen LogP contribution in [-0.2, 0) is 17.0 Å². The normalized spacial score (nSPS) is 14.6. The largest absolute Gasteiger partial charge is 0.379 e. The van der Waals surface area contributed by atoms with Gasteiger partial charge >= 0.3 is 0 Å². The summed E-state index contributed by atoms with van der Waals surface area (Å²) >= 11 is 1.48. The maximum absolute atomic E-state index is 13.4. The van der Waals surface area contributed by atoms with E-state index in [9.17, 15) is 4.39 Å². The summed E-state index contributed by atoms with van der Waals surface area (Å²) in [6.07, 6.45) is 0. The molecule has 3 aromatic rings. The highest BCUT2D eigenvalue weighted by Gasteiger charge is 2.18. The van der Waals surface area contributed by atoms with Crippen molar-refractivity contribution in [2.24, 2.45) is 0 Å². The van der Waals surface area contributed by atoms with E-state index in [4.69, 9.17) is 10.5 Å². The van der Waals surface area contributed by atoms with E-state index in [-0.39, 0.29) is 11.8 Å².